The third-order valence-corrected chi connectivity index (χ3v) is 3.58. The molecule has 3 N–H and O–H groups in total. The molecule has 2 rings (SSSR count). The number of nitrogens with two attached hydrogens (primary N) is 1. The molecule has 4 nitrogen and oxygen atoms in total. The summed E-state index contributed by atoms with van der Waals surface area (Å²) in [5.41, 5.74) is 7.37. The summed E-state index contributed by atoms with van der Waals surface area (Å²) in [5, 5.41) is 7.64. The molecule has 0 spiro atoms. The molecule has 1 saturated heterocycles. The fourth-order valence-corrected chi connectivity index (χ4v) is 2.42. The molecule has 0 bridgehead atoms. The Morgan fingerprint density at radius 3 is 2.94 bits per heavy atom. The predicted octanol–water partition coefficient (Wildman–Crippen LogP) is 1.96. The van der Waals surface area contributed by atoms with Gasteiger partial charge in [0, 0.05) is 29.4 Å². The number of ether oxygens (including phenoxy) is 1. The number of nitrogens with zero attached hydrogens (tertiary/aromatic N) is 1. The van der Waals surface area contributed by atoms with Crippen LogP contribution in [-0.4, -0.2) is 32.1 Å². The van der Waals surface area contributed by atoms with E-state index in [1.54, 1.807) is 0 Å². The SMILES string of the molecule is CN(c1ccc(Br)cc1C(=N)N)C1CCOC1. The van der Waals surface area contributed by atoms with Crippen molar-refractivity contribution in [1.29, 1.82) is 5.41 Å². The summed E-state index contributed by atoms with van der Waals surface area (Å²) in [4.78, 5) is 2.15. The minimum Gasteiger partial charge on any atom is -0.384 e. The molecule has 5 heteroatoms. The maximum absolute atomic E-state index is 7.64. The van der Waals surface area contributed by atoms with Crippen LogP contribution in [0.2, 0.25) is 0 Å². The van der Waals surface area contributed by atoms with E-state index < -0.39 is 0 Å². The molecule has 1 atom stereocenters. The van der Waals surface area contributed by atoms with Crippen molar-refractivity contribution in [2.75, 3.05) is 25.2 Å². The Hall–Kier alpha value is -1.07. The highest BCUT2D eigenvalue weighted by Crippen LogP contribution is 2.26. The van der Waals surface area contributed by atoms with Crippen LogP contribution >= 0.6 is 15.9 Å². The number of likely N-dealkylation sites (N-methyl/N-ethyl adjacent to an activating group) is 1. The standard InChI is InChI=1S/C12H16BrN3O/c1-16(9-4-5-17-7-9)11-3-2-8(13)6-10(11)12(14)15/h2-3,6,9H,4-5,7H2,1H3,(H3,14,15). The molecule has 0 aromatic heterocycles. The topological polar surface area (TPSA) is 62.3 Å². The van der Waals surface area contributed by atoms with Gasteiger partial charge in [0.05, 0.1) is 12.6 Å². The van der Waals surface area contributed by atoms with E-state index in [-0.39, 0.29) is 5.84 Å². The number of benzene rings is 1. The van der Waals surface area contributed by atoms with Gasteiger partial charge in [-0.1, -0.05) is 15.9 Å². The van der Waals surface area contributed by atoms with Crippen LogP contribution in [0.3, 0.4) is 0 Å². The van der Waals surface area contributed by atoms with Crippen molar-refractivity contribution in [3.8, 4) is 0 Å². The first-order valence-corrected chi connectivity index (χ1v) is 6.33. The molecule has 0 amide bonds. The van der Waals surface area contributed by atoms with Crippen molar-refractivity contribution >= 4 is 27.5 Å². The molecular formula is C12H16BrN3O. The molecule has 1 unspecified atom stereocenters. The van der Waals surface area contributed by atoms with Crippen molar-refractivity contribution < 1.29 is 4.74 Å². The summed E-state index contributed by atoms with van der Waals surface area (Å²) in [7, 11) is 2.02. The normalized spacial score (nSPS) is 19.3. The Morgan fingerprint density at radius 1 is 1.59 bits per heavy atom. The maximum Gasteiger partial charge on any atom is 0.124 e. The number of anilines is 1. The summed E-state index contributed by atoms with van der Waals surface area (Å²) in [6.45, 7) is 1.55. The van der Waals surface area contributed by atoms with E-state index in [9.17, 15) is 0 Å². The second-order valence-electron chi connectivity index (χ2n) is 4.20. The highest BCUT2D eigenvalue weighted by molar-refractivity contribution is 9.10. The monoisotopic (exact) mass is 297 g/mol. The fourth-order valence-electron chi connectivity index (χ4n) is 2.06. The smallest absolute Gasteiger partial charge is 0.124 e. The molecule has 1 heterocycles. The number of hydrogen-bond donors (Lipinski definition) is 2. The first kappa shape index (κ1) is 12.4. The Balaban J connectivity index is 2.33. The summed E-state index contributed by atoms with van der Waals surface area (Å²) in [5.74, 6) is 0.0899. The van der Waals surface area contributed by atoms with Gasteiger partial charge in [-0.05, 0) is 24.6 Å². The second-order valence-corrected chi connectivity index (χ2v) is 5.12. The summed E-state index contributed by atoms with van der Waals surface area (Å²) in [6.07, 6.45) is 1.02. The molecule has 1 fully saturated rings. The van der Waals surface area contributed by atoms with Crippen molar-refractivity contribution in [3.63, 3.8) is 0 Å². The zero-order valence-electron chi connectivity index (χ0n) is 9.74. The van der Waals surface area contributed by atoms with Crippen LogP contribution in [0, 0.1) is 5.41 Å². The lowest BCUT2D eigenvalue weighted by molar-refractivity contribution is 0.193. The van der Waals surface area contributed by atoms with Gasteiger partial charge in [-0.2, -0.15) is 0 Å². The van der Waals surface area contributed by atoms with Gasteiger partial charge in [-0.15, -0.1) is 0 Å². The average Bonchev–Trinajstić information content (AvgIpc) is 2.81. The fraction of sp³-hybridized carbons (Fsp3) is 0.417. The van der Waals surface area contributed by atoms with E-state index in [1.807, 2.05) is 25.2 Å². The predicted molar refractivity (Wildman–Crippen MR) is 72.8 cm³/mol. The van der Waals surface area contributed by atoms with Gasteiger partial charge in [0.1, 0.15) is 5.84 Å². The second kappa shape index (κ2) is 5.06. The lowest BCUT2D eigenvalue weighted by Crippen LogP contribution is -2.33. The number of nitrogens with one attached hydrogen (secondary N) is 1. The molecular weight excluding hydrogens is 282 g/mol. The largest absolute Gasteiger partial charge is 0.384 e. The zero-order valence-corrected chi connectivity index (χ0v) is 11.3. The number of hydrogen-bond acceptors (Lipinski definition) is 3. The van der Waals surface area contributed by atoms with Crippen molar-refractivity contribution in [1.82, 2.24) is 0 Å². The van der Waals surface area contributed by atoms with E-state index >= 15 is 0 Å². The lowest BCUT2D eigenvalue weighted by Gasteiger charge is -2.27. The van der Waals surface area contributed by atoms with Gasteiger partial charge in [-0.3, -0.25) is 5.41 Å². The third-order valence-electron chi connectivity index (χ3n) is 3.08. The highest BCUT2D eigenvalue weighted by atomic mass is 79.9. The summed E-state index contributed by atoms with van der Waals surface area (Å²) in [6, 6.07) is 6.20. The van der Waals surface area contributed by atoms with Gasteiger partial charge in [0.2, 0.25) is 0 Å². The Bertz CT molecular complexity index is 430. The quantitative estimate of drug-likeness (QED) is 0.662. The van der Waals surface area contributed by atoms with Crippen molar-refractivity contribution in [2.45, 2.75) is 12.5 Å². The molecule has 92 valence electrons. The van der Waals surface area contributed by atoms with E-state index in [4.69, 9.17) is 15.9 Å². The first-order chi connectivity index (χ1) is 8.09. The number of amidine groups is 1. The van der Waals surface area contributed by atoms with Gasteiger partial charge >= 0.3 is 0 Å². The van der Waals surface area contributed by atoms with E-state index in [2.05, 4.69) is 20.8 Å². The molecule has 0 radical (unpaired) electrons. The average molecular weight is 298 g/mol. The Kier molecular flexibility index (Phi) is 3.69. The molecule has 1 aliphatic rings. The van der Waals surface area contributed by atoms with Gasteiger partial charge in [-0.25, -0.2) is 0 Å². The third kappa shape index (κ3) is 2.61. The van der Waals surface area contributed by atoms with Crippen LogP contribution < -0.4 is 10.6 Å². The first-order valence-electron chi connectivity index (χ1n) is 5.54. The van der Waals surface area contributed by atoms with Crippen LogP contribution in [0.5, 0.6) is 0 Å². The van der Waals surface area contributed by atoms with Crippen LogP contribution in [0.1, 0.15) is 12.0 Å². The summed E-state index contributed by atoms with van der Waals surface area (Å²) >= 11 is 3.40. The highest BCUT2D eigenvalue weighted by Gasteiger charge is 2.22. The Morgan fingerprint density at radius 2 is 2.35 bits per heavy atom. The summed E-state index contributed by atoms with van der Waals surface area (Å²) < 4.78 is 6.32. The zero-order chi connectivity index (χ0) is 12.4. The van der Waals surface area contributed by atoms with E-state index in [0.717, 1.165) is 35.4 Å². The van der Waals surface area contributed by atoms with Crippen LogP contribution in [0.25, 0.3) is 0 Å². The molecule has 1 aromatic rings. The van der Waals surface area contributed by atoms with Gasteiger partial charge in [0.25, 0.3) is 0 Å². The number of nitrogen functional groups attached to an aromatic ring is 1. The van der Waals surface area contributed by atoms with Crippen LogP contribution in [-0.2, 0) is 4.74 Å². The van der Waals surface area contributed by atoms with E-state index in [1.165, 1.54) is 0 Å². The van der Waals surface area contributed by atoms with Gasteiger partial charge < -0.3 is 15.4 Å². The van der Waals surface area contributed by atoms with Crippen molar-refractivity contribution in [3.05, 3.63) is 28.2 Å². The molecule has 1 aliphatic heterocycles. The van der Waals surface area contributed by atoms with E-state index in [0.29, 0.717) is 6.04 Å². The number of rotatable bonds is 3. The molecule has 1 aromatic carbocycles. The Labute approximate surface area is 109 Å². The van der Waals surface area contributed by atoms with Crippen LogP contribution in [0.15, 0.2) is 22.7 Å². The lowest BCUT2D eigenvalue weighted by atomic mass is 10.1. The molecule has 0 saturated carbocycles. The number of halogens is 1. The van der Waals surface area contributed by atoms with Crippen molar-refractivity contribution in [2.24, 2.45) is 5.73 Å². The molecule has 0 aliphatic carbocycles. The maximum atomic E-state index is 7.64. The minimum absolute atomic E-state index is 0.0899. The minimum atomic E-state index is 0.0899. The van der Waals surface area contributed by atoms with Gasteiger partial charge in [0.15, 0.2) is 0 Å². The van der Waals surface area contributed by atoms with Crippen LogP contribution in [0.4, 0.5) is 5.69 Å². The molecule has 17 heavy (non-hydrogen) atoms.